The molecule has 5 heteroatoms. The van der Waals surface area contributed by atoms with E-state index in [0.717, 1.165) is 39.0 Å². The Bertz CT molecular complexity index is 1240. The number of nitrogens with zero attached hydrogens (tertiary/aromatic N) is 3. The highest BCUT2D eigenvalue weighted by atomic mass is 35.5. The van der Waals surface area contributed by atoms with Gasteiger partial charge in [0.1, 0.15) is 0 Å². The van der Waals surface area contributed by atoms with Gasteiger partial charge in [0.2, 0.25) is 0 Å². The molecule has 0 unspecified atom stereocenters. The number of aryl methyl sites for hydroxylation is 1. The maximum absolute atomic E-state index is 11.9. The first-order valence-corrected chi connectivity index (χ1v) is 8.80. The van der Waals surface area contributed by atoms with Crippen LogP contribution in [0.3, 0.4) is 0 Å². The minimum Gasteiger partial charge on any atom is -0.309 e. The largest absolute Gasteiger partial charge is 0.309 e. The van der Waals surface area contributed by atoms with Gasteiger partial charge >= 0.3 is 0 Å². The zero-order valence-corrected chi connectivity index (χ0v) is 15.4. The molecule has 0 N–H and O–H groups in total. The second kappa shape index (κ2) is 6.82. The van der Waals surface area contributed by atoms with Gasteiger partial charge in [-0.2, -0.15) is 0 Å². The Kier molecular flexibility index (Phi) is 4.34. The number of hydrogen-bond acceptors (Lipinski definition) is 3. The van der Waals surface area contributed by atoms with Crippen LogP contribution < -0.4 is 5.56 Å². The van der Waals surface area contributed by atoms with E-state index in [9.17, 15) is 4.79 Å². The number of halogens is 1. The number of pyridine rings is 1. The molecule has 2 aromatic carbocycles. The van der Waals surface area contributed by atoms with Crippen LogP contribution in [0.25, 0.3) is 39.5 Å². The minimum atomic E-state index is -0.141. The lowest BCUT2D eigenvalue weighted by Gasteiger charge is -2.12. The zero-order chi connectivity index (χ0) is 19.0. The van der Waals surface area contributed by atoms with Gasteiger partial charge in [0.05, 0.1) is 22.9 Å². The lowest BCUT2D eigenvalue weighted by molar-refractivity contribution is 0.892. The summed E-state index contributed by atoms with van der Waals surface area (Å²) in [5.74, 6) is 0. The smallest absolute Gasteiger partial charge is 0.269 e. The Morgan fingerprint density at radius 1 is 1.07 bits per heavy atom. The summed E-state index contributed by atoms with van der Waals surface area (Å²) >= 11 is 6.35. The van der Waals surface area contributed by atoms with Crippen LogP contribution >= 0.6 is 11.6 Å². The Morgan fingerprint density at radius 2 is 1.89 bits per heavy atom. The molecule has 0 fully saturated rings. The number of benzene rings is 2. The van der Waals surface area contributed by atoms with Crippen molar-refractivity contribution in [1.82, 2.24) is 14.5 Å². The third kappa shape index (κ3) is 3.04. The van der Waals surface area contributed by atoms with E-state index in [1.165, 1.54) is 6.20 Å². The van der Waals surface area contributed by atoms with Crippen LogP contribution in [0.5, 0.6) is 0 Å². The molecule has 0 saturated heterocycles. The van der Waals surface area contributed by atoms with Crippen molar-refractivity contribution >= 4 is 28.7 Å². The molecule has 4 rings (SSSR count). The molecule has 0 saturated carbocycles. The lowest BCUT2D eigenvalue weighted by atomic mass is 9.98. The highest BCUT2D eigenvalue weighted by Gasteiger charge is 2.11. The van der Waals surface area contributed by atoms with Gasteiger partial charge in [-0.25, -0.2) is 4.98 Å². The van der Waals surface area contributed by atoms with Crippen LogP contribution in [0, 0.1) is 0 Å². The van der Waals surface area contributed by atoms with Gasteiger partial charge in [0, 0.05) is 29.4 Å². The van der Waals surface area contributed by atoms with Crippen molar-refractivity contribution in [3.63, 3.8) is 0 Å². The first-order valence-electron chi connectivity index (χ1n) is 8.42. The van der Waals surface area contributed by atoms with E-state index in [2.05, 4.69) is 16.5 Å². The summed E-state index contributed by atoms with van der Waals surface area (Å²) in [4.78, 5) is 20.7. The van der Waals surface area contributed by atoms with E-state index >= 15 is 0 Å². The average molecular weight is 374 g/mol. The fraction of sp³-hybridized carbons (Fsp3) is 0.0455. The van der Waals surface area contributed by atoms with Crippen molar-refractivity contribution < 1.29 is 0 Å². The molecule has 0 atom stereocenters. The Hall–Kier alpha value is -3.24. The van der Waals surface area contributed by atoms with Crippen LogP contribution in [0.15, 0.2) is 72.3 Å². The average Bonchev–Trinajstić information content (AvgIpc) is 2.70. The molecule has 4 aromatic rings. The molecule has 27 heavy (non-hydrogen) atoms. The second-order valence-electron chi connectivity index (χ2n) is 6.20. The van der Waals surface area contributed by atoms with E-state index < -0.39 is 0 Å². The molecular weight excluding hydrogens is 358 g/mol. The van der Waals surface area contributed by atoms with Gasteiger partial charge in [-0.1, -0.05) is 48.5 Å². The molecular formula is C22H16ClN3O. The van der Waals surface area contributed by atoms with E-state index in [1.54, 1.807) is 23.9 Å². The van der Waals surface area contributed by atoms with E-state index in [1.807, 2.05) is 48.5 Å². The highest BCUT2D eigenvalue weighted by Crippen LogP contribution is 2.33. The van der Waals surface area contributed by atoms with Gasteiger partial charge in [0.15, 0.2) is 0 Å². The maximum atomic E-state index is 11.9. The van der Waals surface area contributed by atoms with Crippen molar-refractivity contribution in [3.05, 3.63) is 88.4 Å². The van der Waals surface area contributed by atoms with Crippen molar-refractivity contribution in [3.8, 4) is 22.4 Å². The summed E-state index contributed by atoms with van der Waals surface area (Å²) in [5, 5.41) is 0.629. The topological polar surface area (TPSA) is 47.8 Å². The highest BCUT2D eigenvalue weighted by molar-refractivity contribution is 6.32. The Labute approximate surface area is 161 Å². The summed E-state index contributed by atoms with van der Waals surface area (Å²) < 4.78 is 1.59. The third-order valence-electron chi connectivity index (χ3n) is 4.59. The molecule has 2 aromatic heterocycles. The predicted octanol–water partition coefficient (Wildman–Crippen LogP) is 4.96. The van der Waals surface area contributed by atoms with E-state index in [-0.39, 0.29) is 5.56 Å². The monoisotopic (exact) mass is 373 g/mol. The molecule has 0 aliphatic heterocycles. The first-order chi connectivity index (χ1) is 13.1. The SMILES string of the molecule is C=Cc1ccc(-c2ncccc2-c2ccc3ncc(=O)n(C)c3c2)cc1Cl. The first kappa shape index (κ1) is 17.2. The Balaban J connectivity index is 1.92. The van der Waals surface area contributed by atoms with E-state index in [4.69, 9.17) is 11.6 Å². The summed E-state index contributed by atoms with van der Waals surface area (Å²) in [7, 11) is 1.74. The summed E-state index contributed by atoms with van der Waals surface area (Å²) in [6, 6.07) is 15.6. The number of fused-ring (bicyclic) bond motifs is 1. The molecule has 132 valence electrons. The molecule has 0 amide bonds. The summed E-state index contributed by atoms with van der Waals surface area (Å²) in [5.41, 5.74) is 5.93. The summed E-state index contributed by atoms with van der Waals surface area (Å²) in [6.45, 7) is 3.77. The standard InChI is InChI=1S/C22H16ClN3O/c1-3-14-6-7-16(11-18(14)23)22-17(5-4-10-24-22)15-8-9-19-20(12-15)26(2)21(27)13-25-19/h3-13H,1H2,2H3. The Morgan fingerprint density at radius 3 is 2.67 bits per heavy atom. The van der Waals surface area contributed by atoms with Crippen LogP contribution in [0.2, 0.25) is 5.02 Å². The van der Waals surface area contributed by atoms with Gasteiger partial charge in [-0.15, -0.1) is 0 Å². The second-order valence-corrected chi connectivity index (χ2v) is 6.61. The van der Waals surface area contributed by atoms with Crippen LogP contribution in [-0.2, 0) is 7.05 Å². The van der Waals surface area contributed by atoms with Crippen LogP contribution in [0.1, 0.15) is 5.56 Å². The molecule has 0 bridgehead atoms. The van der Waals surface area contributed by atoms with Crippen molar-refractivity contribution in [2.45, 2.75) is 0 Å². The van der Waals surface area contributed by atoms with Gasteiger partial charge in [-0.05, 0) is 35.4 Å². The lowest BCUT2D eigenvalue weighted by Crippen LogP contribution is -2.16. The molecule has 0 spiro atoms. The third-order valence-corrected chi connectivity index (χ3v) is 4.92. The van der Waals surface area contributed by atoms with Crippen molar-refractivity contribution in [2.24, 2.45) is 7.05 Å². The normalized spacial score (nSPS) is 10.9. The fourth-order valence-corrected chi connectivity index (χ4v) is 3.36. The summed E-state index contributed by atoms with van der Waals surface area (Å²) in [6.07, 6.45) is 4.81. The predicted molar refractivity (Wildman–Crippen MR) is 111 cm³/mol. The molecule has 4 nitrogen and oxygen atoms in total. The molecule has 0 aliphatic carbocycles. The van der Waals surface area contributed by atoms with Gasteiger partial charge in [0.25, 0.3) is 5.56 Å². The quantitative estimate of drug-likeness (QED) is 0.510. The molecule has 2 heterocycles. The number of hydrogen-bond donors (Lipinski definition) is 0. The minimum absolute atomic E-state index is 0.141. The van der Waals surface area contributed by atoms with Crippen LogP contribution in [0.4, 0.5) is 0 Å². The number of aromatic nitrogens is 3. The van der Waals surface area contributed by atoms with Gasteiger partial charge < -0.3 is 4.57 Å². The number of rotatable bonds is 3. The zero-order valence-electron chi connectivity index (χ0n) is 14.7. The fourth-order valence-electron chi connectivity index (χ4n) is 3.11. The van der Waals surface area contributed by atoms with Crippen molar-refractivity contribution in [2.75, 3.05) is 0 Å². The van der Waals surface area contributed by atoms with E-state index in [0.29, 0.717) is 5.02 Å². The maximum Gasteiger partial charge on any atom is 0.269 e. The van der Waals surface area contributed by atoms with Crippen LogP contribution in [-0.4, -0.2) is 14.5 Å². The molecule has 0 aliphatic rings. The molecule has 0 radical (unpaired) electrons. The van der Waals surface area contributed by atoms with Gasteiger partial charge in [-0.3, -0.25) is 9.78 Å². The van der Waals surface area contributed by atoms with Crippen molar-refractivity contribution in [1.29, 1.82) is 0 Å².